The predicted molar refractivity (Wildman–Crippen MR) is 109 cm³/mol. The number of aromatic nitrogens is 1. The highest BCUT2D eigenvalue weighted by Crippen LogP contribution is 2.43. The van der Waals surface area contributed by atoms with E-state index in [1.54, 1.807) is 0 Å². The highest BCUT2D eigenvalue weighted by atomic mass is 16.5. The van der Waals surface area contributed by atoms with Gasteiger partial charge in [0.2, 0.25) is 0 Å². The molecule has 1 saturated heterocycles. The van der Waals surface area contributed by atoms with Gasteiger partial charge in [-0.15, -0.1) is 0 Å². The number of hydrogen-bond acceptors (Lipinski definition) is 4. The van der Waals surface area contributed by atoms with Crippen LogP contribution in [0.4, 0.5) is 0 Å². The number of carbonyl (C=O) groups is 2. The first-order valence-electron chi connectivity index (χ1n) is 10.4. The maximum atomic E-state index is 13.5. The summed E-state index contributed by atoms with van der Waals surface area (Å²) >= 11 is 0. The van der Waals surface area contributed by atoms with E-state index in [0.717, 1.165) is 41.7 Å². The third-order valence-corrected chi connectivity index (χ3v) is 7.06. The SMILES string of the molecule is CC[C@H]1CN(C)[C@H]2Cc3c(n(CC)c4ccccc34)C(=O)C[C@H]1C2C(=O)OC. The molecule has 150 valence electrons. The Morgan fingerprint density at radius 3 is 2.64 bits per heavy atom. The van der Waals surface area contributed by atoms with Crippen LogP contribution in [-0.4, -0.2) is 48.0 Å². The zero-order valence-electron chi connectivity index (χ0n) is 17.3. The minimum Gasteiger partial charge on any atom is -0.469 e. The molecular weight excluding hydrogens is 352 g/mol. The van der Waals surface area contributed by atoms with E-state index in [9.17, 15) is 9.59 Å². The first kappa shape index (κ1) is 19.2. The molecule has 1 aromatic heterocycles. The second kappa shape index (κ2) is 7.36. The van der Waals surface area contributed by atoms with E-state index >= 15 is 0 Å². The van der Waals surface area contributed by atoms with Gasteiger partial charge >= 0.3 is 5.97 Å². The summed E-state index contributed by atoms with van der Waals surface area (Å²) in [5, 5.41) is 1.14. The number of likely N-dealkylation sites (tertiary alicyclic amines) is 1. The highest BCUT2D eigenvalue weighted by Gasteiger charge is 2.48. The molecule has 2 aliphatic rings. The van der Waals surface area contributed by atoms with Crippen molar-refractivity contribution >= 4 is 22.7 Å². The molecule has 0 saturated carbocycles. The summed E-state index contributed by atoms with van der Waals surface area (Å²) in [5.41, 5.74) is 3.07. The van der Waals surface area contributed by atoms with Crippen LogP contribution in [-0.2, 0) is 22.5 Å². The van der Waals surface area contributed by atoms with Gasteiger partial charge in [0.1, 0.15) is 0 Å². The molecule has 1 aliphatic heterocycles. The maximum Gasteiger partial charge on any atom is 0.310 e. The van der Waals surface area contributed by atoms with Crippen LogP contribution >= 0.6 is 0 Å². The number of piperidine rings is 1. The first-order valence-corrected chi connectivity index (χ1v) is 10.4. The number of hydrogen-bond donors (Lipinski definition) is 0. The molecule has 0 radical (unpaired) electrons. The van der Waals surface area contributed by atoms with Crippen molar-refractivity contribution in [2.24, 2.45) is 17.8 Å². The summed E-state index contributed by atoms with van der Waals surface area (Å²) in [4.78, 5) is 28.7. The topological polar surface area (TPSA) is 51.5 Å². The number of ketones is 1. The molecule has 5 nitrogen and oxygen atoms in total. The van der Waals surface area contributed by atoms with Crippen molar-refractivity contribution in [2.45, 2.75) is 45.7 Å². The molecular formula is C23H30N2O3. The molecule has 0 spiro atoms. The fraction of sp³-hybridized carbons (Fsp3) is 0.565. The average Bonchev–Trinajstić information content (AvgIpc) is 3.01. The Labute approximate surface area is 166 Å². The molecule has 0 amide bonds. The molecule has 2 bridgehead atoms. The lowest BCUT2D eigenvalue weighted by Crippen LogP contribution is -2.56. The van der Waals surface area contributed by atoms with Crippen LogP contribution < -0.4 is 0 Å². The first-order chi connectivity index (χ1) is 13.5. The number of methoxy groups -OCH3 is 1. The molecule has 1 aromatic carbocycles. The number of fused-ring (bicyclic) bond motifs is 5. The van der Waals surface area contributed by atoms with Crippen LogP contribution in [0, 0.1) is 17.8 Å². The number of esters is 1. The van der Waals surface area contributed by atoms with Crippen LogP contribution in [0.1, 0.15) is 42.7 Å². The van der Waals surface area contributed by atoms with Gasteiger partial charge in [-0.1, -0.05) is 31.5 Å². The van der Waals surface area contributed by atoms with E-state index in [2.05, 4.69) is 42.5 Å². The third kappa shape index (κ3) is 2.79. The monoisotopic (exact) mass is 382 g/mol. The van der Waals surface area contributed by atoms with Crippen LogP contribution in [0.2, 0.25) is 0 Å². The highest BCUT2D eigenvalue weighted by molar-refractivity contribution is 6.03. The minimum absolute atomic E-state index is 0.0441. The number of nitrogens with zero attached hydrogens (tertiary/aromatic N) is 2. The summed E-state index contributed by atoms with van der Waals surface area (Å²) in [6, 6.07) is 8.32. The zero-order valence-corrected chi connectivity index (χ0v) is 17.3. The van der Waals surface area contributed by atoms with Gasteiger partial charge in [0.25, 0.3) is 0 Å². The molecule has 1 unspecified atom stereocenters. The summed E-state index contributed by atoms with van der Waals surface area (Å²) in [5.74, 6) is 0.122. The summed E-state index contributed by atoms with van der Waals surface area (Å²) in [6.45, 7) is 5.95. The van der Waals surface area contributed by atoms with Crippen molar-refractivity contribution in [2.75, 3.05) is 20.7 Å². The Morgan fingerprint density at radius 2 is 1.96 bits per heavy atom. The summed E-state index contributed by atoms with van der Waals surface area (Å²) in [7, 11) is 3.58. The van der Waals surface area contributed by atoms with Gasteiger partial charge in [0.05, 0.1) is 18.7 Å². The maximum absolute atomic E-state index is 13.5. The van der Waals surface area contributed by atoms with Crippen molar-refractivity contribution < 1.29 is 14.3 Å². The molecule has 4 rings (SSSR count). The molecule has 0 N–H and O–H groups in total. The van der Waals surface area contributed by atoms with Crippen molar-refractivity contribution in [3.05, 3.63) is 35.5 Å². The van der Waals surface area contributed by atoms with Gasteiger partial charge in [-0.2, -0.15) is 0 Å². The number of benzene rings is 1. The quantitative estimate of drug-likeness (QED) is 0.762. The average molecular weight is 383 g/mol. The van der Waals surface area contributed by atoms with E-state index in [1.165, 1.54) is 7.11 Å². The van der Waals surface area contributed by atoms with Crippen molar-refractivity contribution in [3.63, 3.8) is 0 Å². The van der Waals surface area contributed by atoms with Gasteiger partial charge in [0, 0.05) is 36.5 Å². The number of rotatable bonds is 3. The number of likely N-dealkylation sites (N-methyl/N-ethyl adjacent to an activating group) is 1. The third-order valence-electron chi connectivity index (χ3n) is 7.06. The zero-order chi connectivity index (χ0) is 20.0. The fourth-order valence-corrected chi connectivity index (χ4v) is 5.72. The minimum atomic E-state index is -0.255. The Morgan fingerprint density at radius 1 is 1.21 bits per heavy atom. The Kier molecular flexibility index (Phi) is 5.04. The summed E-state index contributed by atoms with van der Waals surface area (Å²) in [6.07, 6.45) is 2.09. The van der Waals surface area contributed by atoms with Crippen molar-refractivity contribution in [1.82, 2.24) is 9.47 Å². The summed E-state index contributed by atoms with van der Waals surface area (Å²) < 4.78 is 7.39. The molecule has 2 heterocycles. The van der Waals surface area contributed by atoms with Crippen LogP contribution in [0.5, 0.6) is 0 Å². The largest absolute Gasteiger partial charge is 0.469 e. The molecule has 1 aliphatic carbocycles. The Balaban J connectivity index is 1.93. The number of aryl methyl sites for hydroxylation is 1. The van der Waals surface area contributed by atoms with E-state index in [1.807, 2.05) is 12.1 Å². The number of ether oxygens (including phenoxy) is 1. The van der Waals surface area contributed by atoms with Gasteiger partial charge < -0.3 is 14.2 Å². The molecule has 5 heteroatoms. The fourth-order valence-electron chi connectivity index (χ4n) is 5.72. The van der Waals surface area contributed by atoms with Gasteiger partial charge in [-0.05, 0) is 43.9 Å². The predicted octanol–water partition coefficient (Wildman–Crippen LogP) is 3.54. The van der Waals surface area contributed by atoms with E-state index in [-0.39, 0.29) is 29.6 Å². The lowest BCUT2D eigenvalue weighted by Gasteiger charge is -2.48. The molecule has 2 aromatic rings. The normalized spacial score (nSPS) is 27.9. The van der Waals surface area contributed by atoms with E-state index in [4.69, 9.17) is 4.74 Å². The number of para-hydroxylation sites is 1. The number of Topliss-reactive ketones (excluding diaryl/α,β-unsaturated/α-hetero) is 1. The lowest BCUT2D eigenvalue weighted by molar-refractivity contribution is -0.154. The Hall–Kier alpha value is -2.14. The van der Waals surface area contributed by atoms with E-state index in [0.29, 0.717) is 18.8 Å². The Bertz CT molecular complexity index is 916. The standard InChI is InChI=1S/C23H30N2O3/c1-5-14-13-24(3)19-11-17-15-9-7-8-10-18(15)25(6-2)22(17)20(26)12-16(14)21(19)23(27)28-4/h7-10,14,16,19,21H,5-6,11-13H2,1-4H3/t14-,16+,19-,21?/m0/s1. The van der Waals surface area contributed by atoms with Gasteiger partial charge in [-0.25, -0.2) is 0 Å². The number of carbonyl (C=O) groups excluding carboxylic acids is 2. The van der Waals surface area contributed by atoms with Crippen LogP contribution in [0.3, 0.4) is 0 Å². The van der Waals surface area contributed by atoms with Crippen LogP contribution in [0.15, 0.2) is 24.3 Å². The van der Waals surface area contributed by atoms with Gasteiger partial charge in [0.15, 0.2) is 5.78 Å². The van der Waals surface area contributed by atoms with Crippen LogP contribution in [0.25, 0.3) is 10.9 Å². The van der Waals surface area contributed by atoms with Crippen molar-refractivity contribution in [1.29, 1.82) is 0 Å². The second-order valence-corrected chi connectivity index (χ2v) is 8.31. The van der Waals surface area contributed by atoms with E-state index < -0.39 is 0 Å². The van der Waals surface area contributed by atoms with Crippen molar-refractivity contribution in [3.8, 4) is 0 Å². The van der Waals surface area contributed by atoms with Gasteiger partial charge in [-0.3, -0.25) is 9.59 Å². The molecule has 28 heavy (non-hydrogen) atoms. The molecule has 4 atom stereocenters. The molecule has 1 fully saturated rings. The lowest BCUT2D eigenvalue weighted by atomic mass is 9.67. The smallest absolute Gasteiger partial charge is 0.310 e. The second-order valence-electron chi connectivity index (χ2n) is 8.31.